The van der Waals surface area contributed by atoms with Crippen molar-refractivity contribution in [2.45, 2.75) is 0 Å². The van der Waals surface area contributed by atoms with Gasteiger partial charge in [-0.05, 0) is 41.0 Å². The van der Waals surface area contributed by atoms with E-state index in [1.54, 1.807) is 0 Å². The van der Waals surface area contributed by atoms with Crippen molar-refractivity contribution < 1.29 is 15.0 Å². The first-order valence-corrected chi connectivity index (χ1v) is 8.12. The predicted molar refractivity (Wildman–Crippen MR) is 100.0 cm³/mol. The summed E-state index contributed by atoms with van der Waals surface area (Å²) in [6.07, 6.45) is 1.52. The van der Waals surface area contributed by atoms with E-state index in [1.165, 1.54) is 24.3 Å². The van der Waals surface area contributed by atoms with Crippen LogP contribution in [0.15, 0.2) is 72.8 Å². The van der Waals surface area contributed by atoms with Crippen molar-refractivity contribution in [3.05, 3.63) is 101 Å². The molecule has 0 amide bonds. The molecule has 0 aromatic heterocycles. The Morgan fingerprint density at radius 2 is 1.31 bits per heavy atom. The van der Waals surface area contributed by atoms with Crippen molar-refractivity contribution in [2.24, 2.45) is 0 Å². The van der Waals surface area contributed by atoms with Crippen LogP contribution in [0.25, 0.3) is 5.57 Å². The molecule has 0 atom stereocenters. The van der Waals surface area contributed by atoms with E-state index in [0.29, 0.717) is 5.71 Å². The Morgan fingerprint density at radius 1 is 0.769 bits per heavy atom. The lowest BCUT2D eigenvalue weighted by Gasteiger charge is -2.23. The third-order valence-corrected chi connectivity index (χ3v) is 4.51. The zero-order chi connectivity index (χ0) is 18.3. The number of ketones is 1. The molecule has 0 fully saturated rings. The third-order valence-electron chi connectivity index (χ3n) is 4.51. The molecule has 26 heavy (non-hydrogen) atoms. The van der Waals surface area contributed by atoms with Gasteiger partial charge in [-0.15, -0.1) is 0 Å². The number of fused-ring (bicyclic) bond motifs is 2. The van der Waals surface area contributed by atoms with E-state index in [9.17, 15) is 15.0 Å². The number of benzene rings is 3. The first-order valence-electron chi connectivity index (χ1n) is 8.12. The van der Waals surface area contributed by atoms with Crippen LogP contribution in [0.1, 0.15) is 32.6 Å². The van der Waals surface area contributed by atoms with E-state index in [-0.39, 0.29) is 22.8 Å². The Hall–Kier alpha value is -3.66. The fourth-order valence-electron chi connectivity index (χ4n) is 3.21. The molecule has 0 saturated heterocycles. The third kappa shape index (κ3) is 2.48. The van der Waals surface area contributed by atoms with Gasteiger partial charge in [0.2, 0.25) is 0 Å². The second-order valence-electron chi connectivity index (χ2n) is 6.09. The molecule has 0 spiro atoms. The van der Waals surface area contributed by atoms with Gasteiger partial charge in [0, 0.05) is 16.7 Å². The zero-order valence-corrected chi connectivity index (χ0v) is 13.7. The number of phenolic OH excluding ortho intramolecular Hbond substituents is 2. The number of phenols is 2. The van der Waals surface area contributed by atoms with Crippen molar-refractivity contribution in [3.8, 4) is 11.5 Å². The highest BCUT2D eigenvalue weighted by Gasteiger charge is 2.24. The summed E-state index contributed by atoms with van der Waals surface area (Å²) in [5, 5.41) is 27.6. The first kappa shape index (κ1) is 15.8. The summed E-state index contributed by atoms with van der Waals surface area (Å²) < 4.78 is 0. The van der Waals surface area contributed by atoms with Gasteiger partial charge in [0.1, 0.15) is 0 Å². The SMILES string of the molecule is N=C1c2ccccc2C(=CC(=O)c2ccc(O)c(O)c2)c2ccccc21. The zero-order valence-electron chi connectivity index (χ0n) is 13.7. The van der Waals surface area contributed by atoms with Gasteiger partial charge < -0.3 is 10.2 Å². The Morgan fingerprint density at radius 3 is 1.85 bits per heavy atom. The number of nitrogens with one attached hydrogen (secondary N) is 1. The lowest BCUT2D eigenvalue weighted by atomic mass is 9.80. The first-order chi connectivity index (χ1) is 12.6. The Bertz CT molecular complexity index is 1040. The van der Waals surface area contributed by atoms with Crippen LogP contribution >= 0.6 is 0 Å². The maximum absolute atomic E-state index is 12.8. The number of rotatable bonds is 2. The molecule has 1 aliphatic rings. The molecule has 126 valence electrons. The molecule has 4 nitrogen and oxygen atoms in total. The lowest BCUT2D eigenvalue weighted by molar-refractivity contribution is 0.104. The van der Waals surface area contributed by atoms with E-state index in [0.717, 1.165) is 27.8 Å². The van der Waals surface area contributed by atoms with E-state index >= 15 is 0 Å². The van der Waals surface area contributed by atoms with E-state index in [4.69, 9.17) is 5.41 Å². The minimum absolute atomic E-state index is 0.268. The minimum atomic E-state index is -0.333. The smallest absolute Gasteiger partial charge is 0.186 e. The number of hydrogen-bond donors (Lipinski definition) is 3. The van der Waals surface area contributed by atoms with Gasteiger partial charge in [-0.2, -0.15) is 0 Å². The predicted octanol–water partition coefficient (Wildman–Crippen LogP) is 4.14. The number of carbonyl (C=O) groups is 1. The Kier molecular flexibility index (Phi) is 3.66. The number of allylic oxidation sites excluding steroid dienone is 1. The van der Waals surface area contributed by atoms with Crippen molar-refractivity contribution in [3.63, 3.8) is 0 Å². The minimum Gasteiger partial charge on any atom is -0.504 e. The highest BCUT2D eigenvalue weighted by atomic mass is 16.3. The molecule has 0 unspecified atom stereocenters. The van der Waals surface area contributed by atoms with Crippen LogP contribution in [0.2, 0.25) is 0 Å². The summed E-state index contributed by atoms with van der Waals surface area (Å²) in [6, 6.07) is 19.1. The molecule has 3 aromatic rings. The standard InChI is InChI=1S/C22H15NO3/c23-22-16-7-3-1-5-14(16)18(15-6-2-4-8-17(15)22)12-20(25)13-9-10-19(24)21(26)11-13/h1-12,23-24,26H. The molecule has 0 aliphatic heterocycles. The summed E-state index contributed by atoms with van der Waals surface area (Å²) >= 11 is 0. The number of carbonyl (C=O) groups excluding carboxylic acids is 1. The second kappa shape index (κ2) is 6.01. The molecule has 4 rings (SSSR count). The molecule has 0 radical (unpaired) electrons. The maximum Gasteiger partial charge on any atom is 0.186 e. The average Bonchev–Trinajstić information content (AvgIpc) is 2.67. The van der Waals surface area contributed by atoms with E-state index < -0.39 is 0 Å². The quantitative estimate of drug-likeness (QED) is 0.291. The van der Waals surface area contributed by atoms with Gasteiger partial charge in [-0.1, -0.05) is 48.5 Å². The second-order valence-corrected chi connectivity index (χ2v) is 6.09. The Labute approximate surface area is 150 Å². The number of hydrogen-bond acceptors (Lipinski definition) is 4. The fourth-order valence-corrected chi connectivity index (χ4v) is 3.21. The molecule has 0 saturated carbocycles. The van der Waals surface area contributed by atoms with Gasteiger partial charge >= 0.3 is 0 Å². The van der Waals surface area contributed by atoms with Gasteiger partial charge in [-0.3, -0.25) is 10.2 Å². The molecule has 4 heteroatoms. The maximum atomic E-state index is 12.8. The van der Waals surface area contributed by atoms with Gasteiger partial charge in [0.15, 0.2) is 17.3 Å². The molecule has 0 heterocycles. The van der Waals surface area contributed by atoms with Crippen LogP contribution in [0.5, 0.6) is 11.5 Å². The summed E-state index contributed by atoms with van der Waals surface area (Å²) in [4.78, 5) is 12.8. The van der Waals surface area contributed by atoms with Gasteiger partial charge in [0.05, 0.1) is 5.71 Å². The van der Waals surface area contributed by atoms with Crippen LogP contribution < -0.4 is 0 Å². The van der Waals surface area contributed by atoms with Crippen molar-refractivity contribution in [1.82, 2.24) is 0 Å². The summed E-state index contributed by atoms with van der Waals surface area (Å²) in [7, 11) is 0. The van der Waals surface area contributed by atoms with Crippen molar-refractivity contribution in [2.75, 3.05) is 0 Å². The van der Waals surface area contributed by atoms with Crippen LogP contribution in [0.3, 0.4) is 0 Å². The highest BCUT2D eigenvalue weighted by Crippen LogP contribution is 2.36. The summed E-state index contributed by atoms with van der Waals surface area (Å²) in [5.74, 6) is -0.884. The molecular formula is C22H15NO3. The topological polar surface area (TPSA) is 81.4 Å². The normalized spacial score (nSPS) is 12.3. The summed E-state index contributed by atoms with van der Waals surface area (Å²) in [6.45, 7) is 0. The van der Waals surface area contributed by atoms with Crippen LogP contribution in [0.4, 0.5) is 0 Å². The van der Waals surface area contributed by atoms with Crippen LogP contribution in [0, 0.1) is 5.41 Å². The van der Waals surface area contributed by atoms with Gasteiger partial charge in [-0.25, -0.2) is 0 Å². The van der Waals surface area contributed by atoms with E-state index in [2.05, 4.69) is 0 Å². The van der Waals surface area contributed by atoms with Crippen LogP contribution in [-0.2, 0) is 0 Å². The van der Waals surface area contributed by atoms with Crippen LogP contribution in [-0.4, -0.2) is 21.7 Å². The largest absolute Gasteiger partial charge is 0.504 e. The highest BCUT2D eigenvalue weighted by molar-refractivity contribution is 6.22. The monoisotopic (exact) mass is 341 g/mol. The molecule has 0 bridgehead atoms. The van der Waals surface area contributed by atoms with E-state index in [1.807, 2.05) is 48.5 Å². The average molecular weight is 341 g/mol. The molecule has 1 aliphatic carbocycles. The molecular weight excluding hydrogens is 326 g/mol. The van der Waals surface area contributed by atoms with Crippen molar-refractivity contribution >= 4 is 17.1 Å². The molecule has 3 N–H and O–H groups in total. The van der Waals surface area contributed by atoms with Gasteiger partial charge in [0.25, 0.3) is 0 Å². The molecule has 3 aromatic carbocycles. The fraction of sp³-hybridized carbons (Fsp3) is 0. The lowest BCUT2D eigenvalue weighted by Crippen LogP contribution is -2.15. The van der Waals surface area contributed by atoms with Crippen molar-refractivity contribution in [1.29, 1.82) is 5.41 Å². The summed E-state index contributed by atoms with van der Waals surface area (Å²) in [5.41, 5.74) is 4.66. The number of aromatic hydroxyl groups is 2. The Balaban J connectivity index is 1.89.